The van der Waals surface area contributed by atoms with E-state index in [4.69, 9.17) is 15.2 Å². The van der Waals surface area contributed by atoms with E-state index in [0.717, 1.165) is 5.34 Å². The third kappa shape index (κ3) is 28.1. The average Bonchev–Trinajstić information content (AvgIpc) is 1.57. The van der Waals surface area contributed by atoms with E-state index in [1.807, 2.05) is 21.1 Å². The summed E-state index contributed by atoms with van der Waals surface area (Å²) in [6, 6.07) is 0. The molecule has 0 aromatic rings. The first kappa shape index (κ1) is 12.5. The number of hydrogen-bond acceptors (Lipinski definition) is 4. The van der Waals surface area contributed by atoms with Gasteiger partial charge in [0, 0.05) is 0 Å². The highest BCUT2D eigenvalue weighted by Crippen LogP contribution is 1.86. The van der Waals surface area contributed by atoms with Crippen LogP contribution in [0.4, 0.5) is 0 Å². The topological polar surface area (TPSA) is 89.8 Å². The predicted molar refractivity (Wildman–Crippen MR) is 39.7 cm³/mol. The molecule has 0 rings (SSSR count). The summed E-state index contributed by atoms with van der Waals surface area (Å²) in [4.78, 5) is 18.0. The van der Waals surface area contributed by atoms with Crippen molar-refractivity contribution in [2.75, 3.05) is 27.7 Å². The number of quaternary nitrogens is 1. The van der Waals surface area contributed by atoms with E-state index in [-0.39, 0.29) is 6.54 Å². The molecule has 0 spiro atoms. The lowest BCUT2D eigenvalue weighted by molar-refractivity contribution is -0.862. The van der Waals surface area contributed by atoms with Gasteiger partial charge in [0.2, 0.25) is 0 Å². The van der Waals surface area contributed by atoms with Gasteiger partial charge < -0.3 is 19.7 Å². The Hall–Kier alpha value is -1.17. The minimum atomic E-state index is -0.752. The average molecular weight is 164 g/mol. The lowest BCUT2D eigenvalue weighted by atomic mass is 10.5. The molecule has 0 saturated heterocycles. The number of likely N-dealkylation sites (N-methyl/N-ethyl adjacent to an activating group) is 1. The molecule has 1 N–H and O–H groups in total. The molecule has 0 amide bonds. The molecule has 11 heavy (non-hydrogen) atoms. The van der Waals surface area contributed by atoms with Crippen LogP contribution in [0.15, 0.2) is 5.34 Å². The Balaban J connectivity index is 0. The van der Waals surface area contributed by atoms with Gasteiger partial charge in [-0.3, -0.25) is 0 Å². The number of nitrogens with zero attached hydrogens (tertiary/aromatic N) is 2. The molecule has 0 aliphatic heterocycles. The Morgan fingerprint density at radius 1 is 1.55 bits per heavy atom. The number of aliphatic carboxylic acids is 1. The number of rotatable bonds is 2. The Bertz CT molecular complexity index is 129. The van der Waals surface area contributed by atoms with Crippen molar-refractivity contribution in [3.05, 3.63) is 10.1 Å². The van der Waals surface area contributed by atoms with Crippen LogP contribution in [-0.4, -0.2) is 43.2 Å². The first-order valence-electron chi connectivity index (χ1n) is 2.80. The summed E-state index contributed by atoms with van der Waals surface area (Å²) < 4.78 is 0.481. The zero-order valence-electron chi connectivity index (χ0n) is 6.77. The molecule has 66 valence electrons. The molecule has 0 bridgehead atoms. The van der Waals surface area contributed by atoms with Gasteiger partial charge in [0.25, 0.3) is 0 Å². The zero-order chi connectivity index (χ0) is 9.49. The minimum Gasteiger partial charge on any atom is -0.477 e. The van der Waals surface area contributed by atoms with Gasteiger partial charge in [0.15, 0.2) is 6.54 Å². The molecule has 0 heterocycles. The smallest absolute Gasteiger partial charge is 0.359 e. The normalized spacial score (nSPS) is 9.36. The van der Waals surface area contributed by atoms with Gasteiger partial charge in [0.1, 0.15) is 0 Å². The molecule has 0 fully saturated rings. The van der Waals surface area contributed by atoms with E-state index in [1.54, 1.807) is 0 Å². The van der Waals surface area contributed by atoms with Gasteiger partial charge in [-0.15, -0.1) is 5.34 Å². The van der Waals surface area contributed by atoms with Crippen LogP contribution in [0.2, 0.25) is 0 Å². The Kier molecular flexibility index (Phi) is 6.37. The van der Waals surface area contributed by atoms with Gasteiger partial charge in [-0.05, 0) is 0 Å². The van der Waals surface area contributed by atoms with Crippen molar-refractivity contribution in [1.29, 1.82) is 0 Å². The summed E-state index contributed by atoms with van der Waals surface area (Å²) in [5.74, 6) is -0.752. The summed E-state index contributed by atoms with van der Waals surface area (Å²) in [5.41, 5.74) is 0. The summed E-state index contributed by atoms with van der Waals surface area (Å²) in [7, 11) is 5.52. The van der Waals surface area contributed by atoms with Crippen LogP contribution in [0.5, 0.6) is 0 Å². The van der Waals surface area contributed by atoms with Crippen molar-refractivity contribution in [2.24, 2.45) is 5.34 Å². The molecule has 0 unspecified atom stereocenters. The van der Waals surface area contributed by atoms with Crippen LogP contribution in [0.1, 0.15) is 0 Å². The number of carboxylic acid groups (broad SMARTS) is 1. The molecule has 0 aromatic carbocycles. The van der Waals surface area contributed by atoms with Crippen molar-refractivity contribution in [3.8, 4) is 0 Å². The van der Waals surface area contributed by atoms with Crippen LogP contribution in [0.3, 0.4) is 0 Å². The number of hydrogen-bond donors (Lipinski definition) is 1. The molecule has 0 radical (unpaired) electrons. The van der Waals surface area contributed by atoms with Gasteiger partial charge in [-0.25, -0.2) is 4.79 Å². The van der Waals surface area contributed by atoms with E-state index in [9.17, 15) is 4.79 Å². The van der Waals surface area contributed by atoms with Gasteiger partial charge in [-0.2, -0.15) is 0 Å². The summed E-state index contributed by atoms with van der Waals surface area (Å²) in [6.45, 7) is 0.181. The van der Waals surface area contributed by atoms with Crippen LogP contribution in [0.25, 0.3) is 0 Å². The first-order valence-corrected chi connectivity index (χ1v) is 2.80. The third-order valence-electron chi connectivity index (χ3n) is 0.610. The second-order valence-electron chi connectivity index (χ2n) is 2.92. The minimum absolute atomic E-state index is 0.181. The van der Waals surface area contributed by atoms with Crippen LogP contribution in [0, 0.1) is 10.1 Å². The van der Waals surface area contributed by atoms with E-state index in [0.29, 0.717) is 4.48 Å². The van der Waals surface area contributed by atoms with Gasteiger partial charge in [0.05, 0.1) is 21.1 Å². The van der Waals surface area contributed by atoms with Crippen LogP contribution >= 0.6 is 0 Å². The highest BCUT2D eigenvalue weighted by molar-refractivity contribution is 5.67. The lowest BCUT2D eigenvalue weighted by Gasteiger charge is -2.20. The van der Waals surface area contributed by atoms with Gasteiger partial charge in [-0.1, -0.05) is 0 Å². The predicted octanol–water partition coefficient (Wildman–Crippen LogP) is 0.0278. The summed E-state index contributed by atoms with van der Waals surface area (Å²) in [6.07, 6.45) is 0. The van der Waals surface area contributed by atoms with Crippen molar-refractivity contribution >= 4 is 5.97 Å². The Morgan fingerprint density at radius 2 is 1.82 bits per heavy atom. The fourth-order valence-corrected chi connectivity index (χ4v) is 0.406. The maximum absolute atomic E-state index is 10.00. The zero-order valence-corrected chi connectivity index (χ0v) is 6.77. The Morgan fingerprint density at radius 3 is 1.82 bits per heavy atom. The summed E-state index contributed by atoms with van der Waals surface area (Å²) >= 11 is 0. The molecule has 0 atom stereocenters. The van der Waals surface area contributed by atoms with Crippen LogP contribution < -0.4 is 0 Å². The third-order valence-corrected chi connectivity index (χ3v) is 0.610. The fraction of sp³-hybridized carbons (Fsp3) is 0.800. The lowest BCUT2D eigenvalue weighted by Crippen LogP contribution is -2.39. The molecule has 0 aliphatic carbocycles. The molecule has 6 heteroatoms. The first-order chi connectivity index (χ1) is 4.83. The molecule has 6 nitrogen and oxygen atoms in total. The maximum Gasteiger partial charge on any atom is 0.359 e. The molecular formula is C5H12N2O4. The number of carboxylic acids is 1. The van der Waals surface area contributed by atoms with E-state index in [2.05, 4.69) is 0 Å². The SMILES string of the molecule is C[N+](C)(C)CC(=O)O.O=N[O-]. The van der Waals surface area contributed by atoms with Crippen molar-refractivity contribution in [3.63, 3.8) is 0 Å². The van der Waals surface area contributed by atoms with E-state index >= 15 is 0 Å². The molecule has 0 aromatic heterocycles. The molecular weight excluding hydrogens is 152 g/mol. The Labute approximate surface area is 64.6 Å². The van der Waals surface area contributed by atoms with Crippen molar-refractivity contribution < 1.29 is 14.4 Å². The molecule has 0 saturated carbocycles. The quantitative estimate of drug-likeness (QED) is 0.354. The largest absolute Gasteiger partial charge is 0.477 e. The standard InChI is InChI=1S/C5H11NO2.HNO2/c1-6(2,3)4-5(7)8;2-1-3/h4H2,1-3H3;(H,2,3). The number of carbonyl (C=O) groups is 1. The summed E-state index contributed by atoms with van der Waals surface area (Å²) in [5, 5.41) is 17.2. The fourth-order valence-electron chi connectivity index (χ4n) is 0.406. The highest BCUT2D eigenvalue weighted by atomic mass is 16.6. The highest BCUT2D eigenvalue weighted by Gasteiger charge is 2.11. The second kappa shape index (κ2) is 5.60. The van der Waals surface area contributed by atoms with Gasteiger partial charge >= 0.3 is 5.97 Å². The monoisotopic (exact) mass is 164 g/mol. The van der Waals surface area contributed by atoms with E-state index in [1.165, 1.54) is 0 Å². The maximum atomic E-state index is 10.00. The van der Waals surface area contributed by atoms with Crippen molar-refractivity contribution in [2.45, 2.75) is 0 Å². The molecule has 0 aliphatic rings. The second-order valence-corrected chi connectivity index (χ2v) is 2.92. The van der Waals surface area contributed by atoms with E-state index < -0.39 is 5.97 Å². The van der Waals surface area contributed by atoms with Crippen molar-refractivity contribution in [1.82, 2.24) is 0 Å². The van der Waals surface area contributed by atoms with Crippen LogP contribution in [-0.2, 0) is 4.79 Å².